The van der Waals surface area contributed by atoms with Crippen molar-refractivity contribution in [3.8, 4) is 5.75 Å². The van der Waals surface area contributed by atoms with E-state index in [-0.39, 0.29) is 55.3 Å². The molecule has 4 aromatic rings. The number of phenols is 1. The van der Waals surface area contributed by atoms with Crippen molar-refractivity contribution in [2.24, 2.45) is 5.73 Å². The van der Waals surface area contributed by atoms with Crippen molar-refractivity contribution in [2.75, 3.05) is 18.0 Å². The van der Waals surface area contributed by atoms with Crippen molar-refractivity contribution in [3.05, 3.63) is 129 Å². The van der Waals surface area contributed by atoms with E-state index in [1.54, 1.807) is 34.1 Å². The van der Waals surface area contributed by atoms with Crippen LogP contribution in [0, 0.1) is 13.8 Å². The highest BCUT2D eigenvalue weighted by Crippen LogP contribution is 2.28. The molecule has 0 spiro atoms. The molecule has 10 nitrogen and oxygen atoms in total. The minimum Gasteiger partial charge on any atom is -0.508 e. The molecule has 0 aliphatic carbocycles. The van der Waals surface area contributed by atoms with Gasteiger partial charge in [0, 0.05) is 55.6 Å². The second kappa shape index (κ2) is 17.5. The Hall–Kier alpha value is -5.19. The maximum Gasteiger partial charge on any atom is 0.245 e. The number of benzene rings is 4. The Bertz CT molecular complexity index is 1990. The first-order valence-corrected chi connectivity index (χ1v) is 19.4. The summed E-state index contributed by atoms with van der Waals surface area (Å²) < 4.78 is 0. The van der Waals surface area contributed by atoms with Gasteiger partial charge in [-0.3, -0.25) is 19.2 Å². The first-order valence-electron chi connectivity index (χ1n) is 19.1. The number of amides is 4. The molecular formula is C44H50ClN5O5. The number of aryl methyl sites for hydroxylation is 2. The summed E-state index contributed by atoms with van der Waals surface area (Å²) in [4.78, 5) is 61.4. The molecule has 0 aromatic heterocycles. The van der Waals surface area contributed by atoms with E-state index in [1.165, 1.54) is 0 Å². The van der Waals surface area contributed by atoms with Crippen LogP contribution in [0.2, 0.25) is 5.02 Å². The monoisotopic (exact) mass is 763 g/mol. The molecule has 4 N–H and O–H groups in total. The second-order valence-electron chi connectivity index (χ2n) is 14.7. The number of piperidine rings is 1. The zero-order valence-electron chi connectivity index (χ0n) is 31.7. The van der Waals surface area contributed by atoms with Crippen molar-refractivity contribution in [1.82, 2.24) is 15.1 Å². The molecule has 0 unspecified atom stereocenters. The average Bonchev–Trinajstić information content (AvgIpc) is 3.19. The van der Waals surface area contributed by atoms with Gasteiger partial charge in [-0.1, -0.05) is 73.1 Å². The van der Waals surface area contributed by atoms with Gasteiger partial charge in [0.05, 0.1) is 6.04 Å². The lowest BCUT2D eigenvalue weighted by molar-refractivity contribution is -0.144. The molecule has 1 fully saturated rings. The van der Waals surface area contributed by atoms with Crippen LogP contribution in [0.25, 0.3) is 0 Å². The predicted octanol–water partition coefficient (Wildman–Crippen LogP) is 5.65. The van der Waals surface area contributed by atoms with Gasteiger partial charge in [-0.2, -0.15) is 0 Å². The summed E-state index contributed by atoms with van der Waals surface area (Å²) in [5.41, 5.74) is 12.7. The summed E-state index contributed by atoms with van der Waals surface area (Å²) in [6.45, 7) is 6.64. The van der Waals surface area contributed by atoms with Crippen LogP contribution in [-0.4, -0.2) is 75.8 Å². The number of anilines is 1. The van der Waals surface area contributed by atoms with Gasteiger partial charge in [0.15, 0.2) is 0 Å². The predicted molar refractivity (Wildman–Crippen MR) is 215 cm³/mol. The third kappa shape index (κ3) is 9.20. The van der Waals surface area contributed by atoms with Gasteiger partial charge in [0.25, 0.3) is 0 Å². The van der Waals surface area contributed by atoms with Gasteiger partial charge >= 0.3 is 0 Å². The number of nitrogens with two attached hydrogens (primary N) is 1. The molecule has 1 saturated heterocycles. The van der Waals surface area contributed by atoms with E-state index in [4.69, 9.17) is 17.3 Å². The third-order valence-corrected chi connectivity index (χ3v) is 11.2. The van der Waals surface area contributed by atoms with E-state index in [2.05, 4.69) is 5.32 Å². The minimum absolute atomic E-state index is 0.0325. The number of aromatic hydroxyl groups is 1. The number of carbonyl (C=O) groups is 4. The summed E-state index contributed by atoms with van der Waals surface area (Å²) in [7, 11) is 0. The Labute approximate surface area is 328 Å². The smallest absolute Gasteiger partial charge is 0.245 e. The van der Waals surface area contributed by atoms with E-state index in [1.807, 2.05) is 92.4 Å². The molecule has 2 heterocycles. The molecule has 11 heteroatoms. The fourth-order valence-electron chi connectivity index (χ4n) is 8.01. The Morgan fingerprint density at radius 2 is 1.49 bits per heavy atom. The molecule has 288 valence electrons. The van der Waals surface area contributed by atoms with Crippen LogP contribution < -0.4 is 16.0 Å². The van der Waals surface area contributed by atoms with Gasteiger partial charge in [-0.25, -0.2) is 0 Å². The average molecular weight is 764 g/mol. The highest BCUT2D eigenvalue weighted by atomic mass is 35.5. The number of hydrogen-bond acceptors (Lipinski definition) is 6. The Morgan fingerprint density at radius 1 is 0.873 bits per heavy atom. The van der Waals surface area contributed by atoms with Crippen LogP contribution in [0.1, 0.15) is 59.6 Å². The van der Waals surface area contributed by atoms with Gasteiger partial charge in [-0.15, -0.1) is 0 Å². The van der Waals surface area contributed by atoms with Gasteiger partial charge in [0.1, 0.15) is 17.8 Å². The number of rotatable bonds is 11. The van der Waals surface area contributed by atoms with Crippen LogP contribution in [0.4, 0.5) is 5.69 Å². The van der Waals surface area contributed by atoms with E-state index >= 15 is 0 Å². The van der Waals surface area contributed by atoms with E-state index in [9.17, 15) is 24.3 Å². The number of nitrogens with one attached hydrogen (secondary N) is 1. The van der Waals surface area contributed by atoms with Crippen molar-refractivity contribution < 1.29 is 24.3 Å². The van der Waals surface area contributed by atoms with E-state index in [0.29, 0.717) is 37.4 Å². The van der Waals surface area contributed by atoms with Crippen molar-refractivity contribution in [3.63, 3.8) is 0 Å². The zero-order valence-corrected chi connectivity index (χ0v) is 32.5. The first-order chi connectivity index (χ1) is 26.4. The second-order valence-corrected chi connectivity index (χ2v) is 15.2. The molecule has 2 aliphatic rings. The number of halogens is 1. The first kappa shape index (κ1) is 39.5. The van der Waals surface area contributed by atoms with Gasteiger partial charge < -0.3 is 30.9 Å². The van der Waals surface area contributed by atoms with Crippen LogP contribution >= 0.6 is 11.6 Å². The summed E-state index contributed by atoms with van der Waals surface area (Å²) >= 11 is 6.19. The minimum atomic E-state index is -0.940. The van der Waals surface area contributed by atoms with E-state index in [0.717, 1.165) is 39.1 Å². The van der Waals surface area contributed by atoms with Gasteiger partial charge in [-0.05, 0) is 103 Å². The largest absolute Gasteiger partial charge is 0.508 e. The van der Waals surface area contributed by atoms with Crippen LogP contribution in [0.3, 0.4) is 0 Å². The molecule has 0 radical (unpaired) electrons. The molecule has 55 heavy (non-hydrogen) atoms. The summed E-state index contributed by atoms with van der Waals surface area (Å²) in [5.74, 6) is -0.841. The highest BCUT2D eigenvalue weighted by molar-refractivity contribution is 6.30. The topological polar surface area (TPSA) is 136 Å². The molecule has 0 bridgehead atoms. The summed E-state index contributed by atoms with van der Waals surface area (Å²) in [5, 5.41) is 13.7. The zero-order chi connectivity index (χ0) is 39.2. The Morgan fingerprint density at radius 3 is 2.13 bits per heavy atom. The number of likely N-dealkylation sites (tertiary alicyclic amines) is 1. The Kier molecular flexibility index (Phi) is 12.6. The van der Waals surface area contributed by atoms with Crippen LogP contribution in [0.5, 0.6) is 5.75 Å². The molecule has 4 aromatic carbocycles. The lowest BCUT2D eigenvalue weighted by Gasteiger charge is -2.40. The van der Waals surface area contributed by atoms with E-state index < -0.39 is 24.0 Å². The fraction of sp³-hybridized carbons (Fsp3) is 0.364. The molecule has 0 saturated carbocycles. The van der Waals surface area contributed by atoms with Gasteiger partial charge in [0.2, 0.25) is 23.6 Å². The third-order valence-electron chi connectivity index (χ3n) is 11.0. The van der Waals surface area contributed by atoms with Crippen molar-refractivity contribution in [1.29, 1.82) is 0 Å². The fourth-order valence-corrected chi connectivity index (χ4v) is 8.13. The summed E-state index contributed by atoms with van der Waals surface area (Å²) in [6.07, 6.45) is 2.28. The number of phenolic OH excluding ortho intramolecular Hbond substituents is 1. The van der Waals surface area contributed by atoms with Crippen LogP contribution in [0.15, 0.2) is 91.0 Å². The maximum atomic E-state index is 14.5. The molecule has 3 atom stereocenters. The quantitative estimate of drug-likeness (QED) is 0.181. The van der Waals surface area contributed by atoms with Crippen molar-refractivity contribution in [2.45, 2.75) is 90.0 Å². The SMILES string of the molecule is CCC(=O)N(c1ccccc1)C1CCN(C(=O)[C@H](Cc2ccc(Cl)cc2)NC(=O)[C@@H]2Cc3ccccc3CN2C(=O)[C@H](N)Cc2c(C)cc(O)cc2C)CC1. The lowest BCUT2D eigenvalue weighted by Crippen LogP contribution is -2.60. The molecule has 4 amide bonds. The Balaban J connectivity index is 1.23. The number of carbonyl (C=O) groups excluding carboxylic acids is 4. The van der Waals surface area contributed by atoms with Crippen LogP contribution in [-0.2, 0) is 45.0 Å². The van der Waals surface area contributed by atoms with Crippen molar-refractivity contribution >= 4 is 40.9 Å². The number of fused-ring (bicyclic) bond motifs is 1. The number of hydrogen-bond donors (Lipinski definition) is 3. The standard InChI is InChI=1S/C44H50ClN5O5/c1-4-41(52)50(34-12-6-5-7-13-34)35-18-20-48(21-19-35)44(55)39(24-30-14-16-33(45)17-15-30)47-42(53)40-25-31-10-8-9-11-32(31)27-49(40)43(54)38(46)26-37-28(2)22-36(51)23-29(37)3/h5-17,22-23,35,38-40,51H,4,18-21,24-27,46H2,1-3H3,(H,47,53)/t38-,39+,40+/m1/s1. The summed E-state index contributed by atoms with van der Waals surface area (Å²) in [6, 6.07) is 25.0. The maximum absolute atomic E-state index is 14.5. The lowest BCUT2D eigenvalue weighted by atomic mass is 9.91. The molecular weight excluding hydrogens is 714 g/mol. The molecule has 2 aliphatic heterocycles. The normalized spacial score (nSPS) is 16.9. The number of nitrogens with zero attached hydrogens (tertiary/aromatic N) is 3. The molecule has 6 rings (SSSR count). The highest BCUT2D eigenvalue weighted by Gasteiger charge is 2.39. The number of para-hydroxylation sites is 1.